The van der Waals surface area contributed by atoms with Crippen molar-refractivity contribution in [3.63, 3.8) is 0 Å². The Kier molecular flexibility index (Phi) is 3.19. The average Bonchev–Trinajstić information content (AvgIpc) is 2.77. The summed E-state index contributed by atoms with van der Waals surface area (Å²) < 4.78 is 0. The van der Waals surface area contributed by atoms with Gasteiger partial charge in [0.2, 0.25) is 0 Å². The van der Waals surface area contributed by atoms with Crippen molar-refractivity contribution in [1.82, 2.24) is 4.90 Å². The molecule has 0 N–H and O–H groups in total. The molecule has 0 bridgehead atoms. The summed E-state index contributed by atoms with van der Waals surface area (Å²) in [6.45, 7) is 6.24. The first-order valence-corrected chi connectivity index (χ1v) is 7.10. The molecule has 0 atom stereocenters. The Morgan fingerprint density at radius 2 is 1.71 bits per heavy atom. The highest BCUT2D eigenvalue weighted by molar-refractivity contribution is 5.26. The summed E-state index contributed by atoms with van der Waals surface area (Å²) in [6, 6.07) is 9.16. The fourth-order valence-electron chi connectivity index (χ4n) is 3.33. The van der Waals surface area contributed by atoms with Crippen LogP contribution in [0.15, 0.2) is 24.3 Å². The van der Waals surface area contributed by atoms with E-state index in [-0.39, 0.29) is 0 Å². The van der Waals surface area contributed by atoms with Crippen molar-refractivity contribution in [2.75, 3.05) is 19.6 Å². The van der Waals surface area contributed by atoms with Crippen LogP contribution in [0.4, 0.5) is 0 Å². The number of aryl methyl sites for hydroxylation is 1. The third-order valence-electron chi connectivity index (χ3n) is 4.50. The van der Waals surface area contributed by atoms with E-state index in [1.807, 2.05) is 0 Å². The van der Waals surface area contributed by atoms with Crippen molar-refractivity contribution < 1.29 is 0 Å². The third-order valence-corrected chi connectivity index (χ3v) is 4.50. The molecule has 1 aliphatic carbocycles. The number of rotatable bonds is 3. The molecule has 1 heteroatoms. The van der Waals surface area contributed by atoms with E-state index in [1.54, 1.807) is 5.56 Å². The zero-order chi connectivity index (χ0) is 11.7. The lowest BCUT2D eigenvalue weighted by Gasteiger charge is -2.38. The quantitative estimate of drug-likeness (QED) is 0.765. The minimum absolute atomic E-state index is 0.850. The van der Waals surface area contributed by atoms with Crippen molar-refractivity contribution in [3.05, 3.63) is 35.4 Å². The van der Waals surface area contributed by atoms with Gasteiger partial charge in [0.25, 0.3) is 0 Å². The van der Waals surface area contributed by atoms with Gasteiger partial charge in [0.15, 0.2) is 0 Å². The standard InChI is InChI=1S/C16H23N/c1-13-4-6-15(7-5-13)16-10-14(11-16)12-17-8-2-3-9-17/h4-7,14,16H,2-3,8-12H2,1H3. The average molecular weight is 229 g/mol. The monoisotopic (exact) mass is 229 g/mol. The van der Waals surface area contributed by atoms with Gasteiger partial charge in [-0.25, -0.2) is 0 Å². The Labute approximate surface area is 105 Å². The summed E-state index contributed by atoms with van der Waals surface area (Å²) >= 11 is 0. The lowest BCUT2D eigenvalue weighted by molar-refractivity contribution is 0.180. The SMILES string of the molecule is Cc1ccc(C2CC(CN3CCCC3)C2)cc1. The van der Waals surface area contributed by atoms with Crippen LogP contribution >= 0.6 is 0 Å². The highest BCUT2D eigenvalue weighted by atomic mass is 15.1. The predicted molar refractivity (Wildman–Crippen MR) is 72.3 cm³/mol. The number of likely N-dealkylation sites (tertiary alicyclic amines) is 1. The maximum atomic E-state index is 2.66. The molecular weight excluding hydrogens is 206 g/mol. The Morgan fingerprint density at radius 1 is 1.06 bits per heavy atom. The van der Waals surface area contributed by atoms with Crippen LogP contribution < -0.4 is 0 Å². The second-order valence-electron chi connectivity index (χ2n) is 5.95. The fraction of sp³-hybridized carbons (Fsp3) is 0.625. The number of hydrogen-bond acceptors (Lipinski definition) is 1. The second-order valence-corrected chi connectivity index (χ2v) is 5.95. The van der Waals surface area contributed by atoms with E-state index in [0.29, 0.717) is 0 Å². The maximum absolute atomic E-state index is 2.66. The molecule has 1 aliphatic heterocycles. The van der Waals surface area contributed by atoms with Crippen molar-refractivity contribution in [2.24, 2.45) is 5.92 Å². The first-order valence-electron chi connectivity index (χ1n) is 7.10. The summed E-state index contributed by atoms with van der Waals surface area (Å²) in [6.07, 6.45) is 5.68. The minimum Gasteiger partial charge on any atom is -0.303 e. The van der Waals surface area contributed by atoms with E-state index in [1.165, 1.54) is 50.9 Å². The van der Waals surface area contributed by atoms with E-state index in [4.69, 9.17) is 0 Å². The Bertz CT molecular complexity index is 356. The maximum Gasteiger partial charge on any atom is 0.00101 e. The third kappa shape index (κ3) is 2.55. The number of nitrogens with zero attached hydrogens (tertiary/aromatic N) is 1. The predicted octanol–water partition coefficient (Wildman–Crippen LogP) is 3.58. The van der Waals surface area contributed by atoms with E-state index in [0.717, 1.165) is 11.8 Å². The molecule has 1 aromatic rings. The van der Waals surface area contributed by atoms with Crippen LogP contribution in [0.2, 0.25) is 0 Å². The summed E-state index contributed by atoms with van der Waals surface area (Å²) in [5, 5.41) is 0. The molecule has 92 valence electrons. The van der Waals surface area contributed by atoms with Crippen LogP contribution in [0, 0.1) is 12.8 Å². The van der Waals surface area contributed by atoms with Crippen LogP contribution in [0.5, 0.6) is 0 Å². The first kappa shape index (κ1) is 11.3. The molecule has 2 fully saturated rings. The van der Waals surface area contributed by atoms with Gasteiger partial charge < -0.3 is 4.90 Å². The largest absolute Gasteiger partial charge is 0.303 e. The molecule has 0 amide bonds. The van der Waals surface area contributed by atoms with Gasteiger partial charge in [-0.2, -0.15) is 0 Å². The number of benzene rings is 1. The van der Waals surface area contributed by atoms with Crippen molar-refractivity contribution in [1.29, 1.82) is 0 Å². The highest BCUT2D eigenvalue weighted by Gasteiger charge is 2.31. The Hall–Kier alpha value is -0.820. The fourth-order valence-corrected chi connectivity index (χ4v) is 3.33. The van der Waals surface area contributed by atoms with Gasteiger partial charge in [0.05, 0.1) is 0 Å². The van der Waals surface area contributed by atoms with Gasteiger partial charge in [-0.05, 0) is 63.1 Å². The summed E-state index contributed by atoms with van der Waals surface area (Å²) in [4.78, 5) is 2.66. The first-order chi connectivity index (χ1) is 8.31. The Morgan fingerprint density at radius 3 is 2.35 bits per heavy atom. The lowest BCUT2D eigenvalue weighted by atomic mass is 9.71. The molecule has 1 saturated heterocycles. The summed E-state index contributed by atoms with van der Waals surface area (Å²) in [5.41, 5.74) is 2.94. The van der Waals surface area contributed by atoms with E-state index in [9.17, 15) is 0 Å². The van der Waals surface area contributed by atoms with Crippen LogP contribution in [-0.2, 0) is 0 Å². The molecule has 1 nitrogen and oxygen atoms in total. The molecule has 1 aromatic carbocycles. The van der Waals surface area contributed by atoms with Gasteiger partial charge >= 0.3 is 0 Å². The van der Waals surface area contributed by atoms with E-state index < -0.39 is 0 Å². The van der Waals surface area contributed by atoms with Crippen molar-refractivity contribution in [2.45, 2.75) is 38.5 Å². The molecule has 2 aliphatic rings. The smallest absolute Gasteiger partial charge is 0.00101 e. The van der Waals surface area contributed by atoms with Crippen LogP contribution in [0.3, 0.4) is 0 Å². The van der Waals surface area contributed by atoms with Gasteiger partial charge in [0.1, 0.15) is 0 Å². The minimum atomic E-state index is 0.850. The summed E-state index contributed by atoms with van der Waals surface area (Å²) in [5.74, 6) is 1.82. The topological polar surface area (TPSA) is 3.24 Å². The molecule has 1 heterocycles. The zero-order valence-electron chi connectivity index (χ0n) is 10.9. The summed E-state index contributed by atoms with van der Waals surface area (Å²) in [7, 11) is 0. The second kappa shape index (κ2) is 4.81. The molecule has 0 spiro atoms. The number of hydrogen-bond donors (Lipinski definition) is 0. The molecule has 0 unspecified atom stereocenters. The molecular formula is C16H23N. The van der Waals surface area contributed by atoms with Crippen molar-refractivity contribution >= 4 is 0 Å². The molecule has 0 aromatic heterocycles. The Balaban J connectivity index is 1.49. The van der Waals surface area contributed by atoms with Crippen LogP contribution in [0.25, 0.3) is 0 Å². The lowest BCUT2D eigenvalue weighted by Crippen LogP contribution is -2.33. The molecule has 3 rings (SSSR count). The zero-order valence-corrected chi connectivity index (χ0v) is 10.9. The molecule has 17 heavy (non-hydrogen) atoms. The van der Waals surface area contributed by atoms with Crippen LogP contribution in [0.1, 0.15) is 42.7 Å². The highest BCUT2D eigenvalue weighted by Crippen LogP contribution is 2.42. The van der Waals surface area contributed by atoms with E-state index in [2.05, 4.69) is 36.1 Å². The normalized spacial score (nSPS) is 29.2. The van der Waals surface area contributed by atoms with Gasteiger partial charge in [-0.1, -0.05) is 29.8 Å². The van der Waals surface area contributed by atoms with Gasteiger partial charge in [0, 0.05) is 6.54 Å². The van der Waals surface area contributed by atoms with Gasteiger partial charge in [-0.3, -0.25) is 0 Å². The van der Waals surface area contributed by atoms with Crippen molar-refractivity contribution in [3.8, 4) is 0 Å². The molecule has 1 saturated carbocycles. The molecule has 0 radical (unpaired) electrons. The van der Waals surface area contributed by atoms with Gasteiger partial charge in [-0.15, -0.1) is 0 Å². The van der Waals surface area contributed by atoms with E-state index >= 15 is 0 Å². The van der Waals surface area contributed by atoms with Crippen LogP contribution in [-0.4, -0.2) is 24.5 Å².